The average molecular weight is 457 g/mol. The van der Waals surface area contributed by atoms with Crippen LogP contribution in [0.4, 0.5) is 4.79 Å². The second kappa shape index (κ2) is 8.20. The Morgan fingerprint density at radius 1 is 0.969 bits per heavy atom. The van der Waals surface area contributed by atoms with Crippen molar-refractivity contribution in [2.24, 2.45) is 28.6 Å². The third-order valence-corrected chi connectivity index (χ3v) is 9.58. The van der Waals surface area contributed by atoms with Gasteiger partial charge in [0, 0.05) is 23.4 Å². The van der Waals surface area contributed by atoms with Gasteiger partial charge in [-0.05, 0) is 80.2 Å². The lowest BCUT2D eigenvalue weighted by molar-refractivity contribution is -0.0778. The molecule has 4 aliphatic rings. The molecule has 0 radical (unpaired) electrons. The van der Waals surface area contributed by atoms with E-state index in [9.17, 15) is 9.59 Å². The first kappa shape index (κ1) is 22.0. The zero-order valence-corrected chi connectivity index (χ0v) is 19.8. The molecule has 0 aliphatic heterocycles. The smallest absolute Gasteiger partial charge is 0.404 e. The largest absolute Gasteiger partial charge is 0.458 e. The van der Waals surface area contributed by atoms with Gasteiger partial charge in [0.1, 0.15) is 12.2 Å². The first-order valence-corrected chi connectivity index (χ1v) is 12.5. The van der Waals surface area contributed by atoms with Gasteiger partial charge in [-0.2, -0.15) is 0 Å². The Hall–Kier alpha value is -1.81. The summed E-state index contributed by atoms with van der Waals surface area (Å²) in [4.78, 5) is 24.0. The van der Waals surface area contributed by atoms with E-state index in [1.165, 1.54) is 12.0 Å². The van der Waals surface area contributed by atoms with Crippen LogP contribution < -0.4 is 0 Å². The maximum absolute atomic E-state index is 12.8. The molecule has 0 aromatic heterocycles. The molecule has 7 atom stereocenters. The molecule has 1 aromatic carbocycles. The fourth-order valence-electron chi connectivity index (χ4n) is 7.78. The molecule has 0 bridgehead atoms. The molecular formula is C27H33ClO4. The molecule has 4 nitrogen and oxygen atoms in total. The Balaban J connectivity index is 1.33. The van der Waals surface area contributed by atoms with Gasteiger partial charge in [0.2, 0.25) is 0 Å². The fourth-order valence-corrected chi connectivity index (χ4v) is 7.90. The van der Waals surface area contributed by atoms with Crippen LogP contribution in [0.5, 0.6) is 0 Å². The van der Waals surface area contributed by atoms with Crippen molar-refractivity contribution < 1.29 is 19.1 Å². The van der Waals surface area contributed by atoms with Crippen LogP contribution in [0.1, 0.15) is 75.6 Å². The predicted octanol–water partition coefficient (Wildman–Crippen LogP) is 6.92. The Morgan fingerprint density at radius 3 is 2.50 bits per heavy atom. The second-order valence-corrected chi connectivity index (χ2v) is 11.2. The molecule has 1 aromatic rings. The highest BCUT2D eigenvalue weighted by Crippen LogP contribution is 2.65. The van der Waals surface area contributed by atoms with Crippen LogP contribution in [-0.4, -0.2) is 23.6 Å². The van der Waals surface area contributed by atoms with Crippen molar-refractivity contribution >= 4 is 23.0 Å². The van der Waals surface area contributed by atoms with Gasteiger partial charge >= 0.3 is 11.4 Å². The number of benzene rings is 1. The topological polar surface area (TPSA) is 52.6 Å². The summed E-state index contributed by atoms with van der Waals surface area (Å²) in [6.45, 7) is 4.79. The number of esters is 1. The summed E-state index contributed by atoms with van der Waals surface area (Å²) in [7, 11) is 0. The van der Waals surface area contributed by atoms with E-state index in [2.05, 4.69) is 19.9 Å². The zero-order chi connectivity index (χ0) is 22.5. The quantitative estimate of drug-likeness (QED) is 0.281. The van der Waals surface area contributed by atoms with Crippen LogP contribution in [0.2, 0.25) is 0 Å². The molecule has 0 unspecified atom stereocenters. The second-order valence-electron chi connectivity index (χ2n) is 10.9. The molecule has 0 amide bonds. The molecule has 172 valence electrons. The van der Waals surface area contributed by atoms with Gasteiger partial charge in [-0.1, -0.05) is 43.7 Å². The highest BCUT2D eigenvalue weighted by atomic mass is 35.5. The van der Waals surface area contributed by atoms with Crippen molar-refractivity contribution in [3.05, 3.63) is 47.5 Å². The third-order valence-electron chi connectivity index (χ3n) is 9.49. The molecule has 32 heavy (non-hydrogen) atoms. The summed E-state index contributed by atoms with van der Waals surface area (Å²) in [6, 6.07) is 9.36. The van der Waals surface area contributed by atoms with Crippen molar-refractivity contribution in [1.29, 1.82) is 0 Å². The van der Waals surface area contributed by atoms with Crippen molar-refractivity contribution in [3.63, 3.8) is 0 Å². The number of fused-ring (bicyclic) bond motifs is 5. The van der Waals surface area contributed by atoms with Crippen LogP contribution in [0.3, 0.4) is 0 Å². The van der Waals surface area contributed by atoms with Gasteiger partial charge < -0.3 is 9.47 Å². The molecular weight excluding hydrogens is 424 g/mol. The van der Waals surface area contributed by atoms with Crippen LogP contribution in [0.15, 0.2) is 42.0 Å². The van der Waals surface area contributed by atoms with E-state index < -0.39 is 5.43 Å². The minimum atomic E-state index is -0.691. The van der Waals surface area contributed by atoms with E-state index in [1.807, 2.05) is 30.3 Å². The first-order valence-electron chi connectivity index (χ1n) is 12.1. The Kier molecular flexibility index (Phi) is 5.64. The summed E-state index contributed by atoms with van der Waals surface area (Å²) in [6.07, 6.45) is 10.5. The number of carbonyl (C=O) groups is 2. The highest BCUT2D eigenvalue weighted by molar-refractivity contribution is 6.61. The first-order chi connectivity index (χ1) is 15.3. The lowest BCUT2D eigenvalue weighted by Gasteiger charge is -2.57. The van der Waals surface area contributed by atoms with Crippen molar-refractivity contribution in [3.8, 4) is 0 Å². The molecule has 0 heterocycles. The standard InChI is InChI=1S/C27H33ClO4/c1-26-14-12-19(31-25(28)30)16-18(26)8-9-20-21-10-11-23(27(21,2)15-13-22(20)26)32-24(29)17-6-4-3-5-7-17/h3-8,19-23H,9-16H2,1-2H3/t19-,20+,21+,22-,23+,26-,27+/m1/s1. The van der Waals surface area contributed by atoms with E-state index in [0.717, 1.165) is 44.9 Å². The predicted molar refractivity (Wildman–Crippen MR) is 123 cm³/mol. The third kappa shape index (κ3) is 3.59. The van der Waals surface area contributed by atoms with Crippen LogP contribution >= 0.6 is 11.6 Å². The average Bonchev–Trinajstić information content (AvgIpc) is 3.10. The normalized spacial score (nSPS) is 40.3. The molecule has 0 saturated heterocycles. The summed E-state index contributed by atoms with van der Waals surface area (Å²) in [5, 5.41) is 0. The minimum Gasteiger partial charge on any atom is -0.458 e. The molecule has 4 aliphatic carbocycles. The Bertz CT molecular complexity index is 927. The Labute approximate surface area is 195 Å². The van der Waals surface area contributed by atoms with E-state index >= 15 is 0 Å². The summed E-state index contributed by atoms with van der Waals surface area (Å²) in [5.41, 5.74) is 1.64. The van der Waals surface area contributed by atoms with Gasteiger partial charge in [-0.3, -0.25) is 0 Å². The summed E-state index contributed by atoms with van der Waals surface area (Å²) >= 11 is 5.48. The van der Waals surface area contributed by atoms with Gasteiger partial charge in [0.25, 0.3) is 0 Å². The number of hydrogen-bond acceptors (Lipinski definition) is 4. The van der Waals surface area contributed by atoms with E-state index in [1.54, 1.807) is 0 Å². The Morgan fingerprint density at radius 2 is 1.75 bits per heavy atom. The van der Waals surface area contributed by atoms with Gasteiger partial charge in [0.05, 0.1) is 5.56 Å². The fraction of sp³-hybridized carbons (Fsp3) is 0.630. The monoisotopic (exact) mass is 456 g/mol. The lowest BCUT2D eigenvalue weighted by Crippen LogP contribution is -2.51. The molecule has 5 heteroatoms. The molecule has 3 saturated carbocycles. The number of halogens is 1. The summed E-state index contributed by atoms with van der Waals surface area (Å²) < 4.78 is 11.4. The highest BCUT2D eigenvalue weighted by Gasteiger charge is 2.59. The molecule has 3 fully saturated rings. The van der Waals surface area contributed by atoms with Crippen molar-refractivity contribution in [2.45, 2.75) is 77.4 Å². The molecule has 0 N–H and O–H groups in total. The number of ether oxygens (including phenoxy) is 2. The number of rotatable bonds is 3. The maximum atomic E-state index is 12.8. The number of hydrogen-bond donors (Lipinski definition) is 0. The maximum Gasteiger partial charge on any atom is 0.404 e. The summed E-state index contributed by atoms with van der Waals surface area (Å²) in [5.74, 6) is 1.68. The molecule has 5 rings (SSSR count). The van der Waals surface area contributed by atoms with Crippen LogP contribution in [0.25, 0.3) is 0 Å². The van der Waals surface area contributed by atoms with Gasteiger partial charge in [-0.25, -0.2) is 9.59 Å². The zero-order valence-electron chi connectivity index (χ0n) is 19.0. The van der Waals surface area contributed by atoms with Gasteiger partial charge in [-0.15, -0.1) is 0 Å². The van der Waals surface area contributed by atoms with E-state index in [4.69, 9.17) is 21.1 Å². The number of carbonyl (C=O) groups excluding carboxylic acids is 2. The SMILES string of the molecule is C[C@]12CC[C@@H]3[C@@H](CC=C4C[C@H](OC(=O)Cl)CC[C@]43C)[C@@H]1CC[C@@H]2OC(=O)c1ccccc1. The number of allylic oxidation sites excluding steroid dienone is 1. The lowest BCUT2D eigenvalue weighted by atomic mass is 9.48. The van der Waals surface area contributed by atoms with Crippen LogP contribution in [0, 0.1) is 28.6 Å². The van der Waals surface area contributed by atoms with Crippen LogP contribution in [-0.2, 0) is 9.47 Å². The molecule has 0 spiro atoms. The minimum absolute atomic E-state index is 0.00166. The van der Waals surface area contributed by atoms with E-state index in [-0.39, 0.29) is 29.0 Å². The van der Waals surface area contributed by atoms with E-state index in [0.29, 0.717) is 23.3 Å². The van der Waals surface area contributed by atoms with Crippen molar-refractivity contribution in [1.82, 2.24) is 0 Å². The van der Waals surface area contributed by atoms with Crippen molar-refractivity contribution in [2.75, 3.05) is 0 Å². The van der Waals surface area contributed by atoms with Gasteiger partial charge in [0.15, 0.2) is 0 Å².